The van der Waals surface area contributed by atoms with Gasteiger partial charge in [-0.05, 0) is 87.8 Å². The van der Waals surface area contributed by atoms with E-state index in [9.17, 15) is 12.6 Å². The number of hydrogen-bond donors (Lipinski definition) is 0. The number of piperidine rings is 1. The molecule has 0 saturated carbocycles. The Kier molecular flexibility index (Phi) is 14.1. The molecule has 8 nitrogen and oxygen atoms in total. The number of hydrogen-bond acceptors (Lipinski definition) is 8. The van der Waals surface area contributed by atoms with Gasteiger partial charge in [-0.3, -0.25) is 9.19 Å². The third kappa shape index (κ3) is 10.0. The van der Waals surface area contributed by atoms with Crippen LogP contribution in [0.3, 0.4) is 0 Å². The van der Waals surface area contributed by atoms with Crippen LogP contribution in [-0.2, 0) is 20.6 Å². The molecule has 2 aromatic carbocycles. The fourth-order valence-corrected chi connectivity index (χ4v) is 8.97. The summed E-state index contributed by atoms with van der Waals surface area (Å²) >= 11 is 0. The lowest BCUT2D eigenvalue weighted by Crippen LogP contribution is -2.39. The Morgan fingerprint density at radius 3 is 2.15 bits per heavy atom. The standard InChI is InChI=1S/C38H56N4O4S2/c1-3-4-5-6-7-8-9-13-29-46-32-15-18-34(19-16-32)48(44,45)37-31-39-36-20-17-33(47(2)43)30-35(36)38(37)42-24-14-23-41(27-28-42)26-25-40-21-11-10-12-22-40/h15-20,30-31H,3-14,21-29H2,1-2H3. The first kappa shape index (κ1) is 36.7. The molecule has 0 spiro atoms. The predicted molar refractivity (Wildman–Crippen MR) is 198 cm³/mol. The molecular formula is C38H56N4O4S2. The van der Waals surface area contributed by atoms with Crippen LogP contribution in [0.2, 0.25) is 0 Å². The monoisotopic (exact) mass is 696 g/mol. The summed E-state index contributed by atoms with van der Waals surface area (Å²) < 4.78 is 47.2. The van der Waals surface area contributed by atoms with Gasteiger partial charge >= 0.3 is 0 Å². The van der Waals surface area contributed by atoms with Crippen molar-refractivity contribution in [2.45, 2.75) is 98.7 Å². The molecular weight excluding hydrogens is 641 g/mol. The number of nitrogens with zero attached hydrogens (tertiary/aromatic N) is 4. The molecule has 0 bridgehead atoms. The zero-order chi connectivity index (χ0) is 33.8. The number of anilines is 1. The molecule has 1 atom stereocenters. The number of likely N-dealkylation sites (tertiary alicyclic amines) is 1. The van der Waals surface area contributed by atoms with Crippen LogP contribution in [0, 0.1) is 0 Å². The first-order valence-electron chi connectivity index (χ1n) is 18.3. The first-order valence-corrected chi connectivity index (χ1v) is 21.3. The minimum Gasteiger partial charge on any atom is -0.494 e. The van der Waals surface area contributed by atoms with E-state index in [0.717, 1.165) is 57.4 Å². The highest BCUT2D eigenvalue weighted by molar-refractivity contribution is 7.91. The second-order valence-electron chi connectivity index (χ2n) is 13.5. The van der Waals surface area contributed by atoms with E-state index in [1.54, 1.807) is 30.5 Å². The molecule has 3 aromatic rings. The molecule has 1 aromatic heterocycles. The highest BCUT2D eigenvalue weighted by Gasteiger charge is 2.29. The number of benzene rings is 2. The summed E-state index contributed by atoms with van der Waals surface area (Å²) in [5, 5.41) is 0.732. The van der Waals surface area contributed by atoms with E-state index in [1.807, 2.05) is 18.2 Å². The van der Waals surface area contributed by atoms with E-state index < -0.39 is 20.6 Å². The minimum absolute atomic E-state index is 0.198. The number of sulfone groups is 1. The number of fused-ring (bicyclic) bond motifs is 1. The molecule has 0 aliphatic carbocycles. The van der Waals surface area contributed by atoms with Gasteiger partial charge in [0.1, 0.15) is 10.6 Å². The van der Waals surface area contributed by atoms with Crippen LogP contribution in [0.1, 0.15) is 84.0 Å². The maximum atomic E-state index is 14.3. The number of ether oxygens (including phenoxy) is 1. The van der Waals surface area contributed by atoms with Crippen molar-refractivity contribution < 1.29 is 17.4 Å². The zero-order valence-corrected chi connectivity index (χ0v) is 30.8. The number of rotatable bonds is 17. The maximum absolute atomic E-state index is 14.3. The third-order valence-corrected chi connectivity index (χ3v) is 12.6. The van der Waals surface area contributed by atoms with E-state index in [1.165, 1.54) is 77.1 Å². The van der Waals surface area contributed by atoms with Gasteiger partial charge in [0.2, 0.25) is 9.84 Å². The summed E-state index contributed by atoms with van der Waals surface area (Å²) in [6.07, 6.45) is 17.9. The Labute approximate surface area is 291 Å². The van der Waals surface area contributed by atoms with Crippen LogP contribution in [0.4, 0.5) is 5.69 Å². The van der Waals surface area contributed by atoms with Crippen molar-refractivity contribution in [3.63, 3.8) is 0 Å². The molecule has 0 amide bonds. The molecule has 5 rings (SSSR count). The topological polar surface area (TPSA) is 83.0 Å². The van der Waals surface area contributed by atoms with Crippen LogP contribution in [0.15, 0.2) is 63.3 Å². The van der Waals surface area contributed by atoms with Gasteiger partial charge in [-0.25, -0.2) is 8.42 Å². The molecule has 2 aliphatic heterocycles. The molecule has 264 valence electrons. The first-order chi connectivity index (χ1) is 23.4. The molecule has 2 fully saturated rings. The van der Waals surface area contributed by atoms with Gasteiger partial charge in [0, 0.05) is 66.3 Å². The summed E-state index contributed by atoms with van der Waals surface area (Å²) in [4.78, 5) is 13.0. The molecule has 0 N–H and O–H groups in total. The van der Waals surface area contributed by atoms with E-state index in [4.69, 9.17) is 4.74 Å². The maximum Gasteiger partial charge on any atom is 0.210 e. The Morgan fingerprint density at radius 1 is 0.771 bits per heavy atom. The Morgan fingerprint density at radius 2 is 1.44 bits per heavy atom. The fraction of sp³-hybridized carbons (Fsp3) is 0.605. The quantitative estimate of drug-likeness (QED) is 0.136. The highest BCUT2D eigenvalue weighted by atomic mass is 32.2. The van der Waals surface area contributed by atoms with Crippen molar-refractivity contribution in [2.75, 3.05) is 70.1 Å². The molecule has 10 heteroatoms. The van der Waals surface area contributed by atoms with E-state index in [0.29, 0.717) is 35.0 Å². The van der Waals surface area contributed by atoms with E-state index in [-0.39, 0.29) is 9.79 Å². The summed E-state index contributed by atoms with van der Waals surface area (Å²) in [6, 6.07) is 12.4. The van der Waals surface area contributed by atoms with E-state index >= 15 is 0 Å². The van der Waals surface area contributed by atoms with Gasteiger partial charge in [-0.1, -0.05) is 58.3 Å². The smallest absolute Gasteiger partial charge is 0.210 e. The minimum atomic E-state index is -3.91. The summed E-state index contributed by atoms with van der Waals surface area (Å²) in [6.45, 7) is 10.7. The Bertz CT molecular complexity index is 1580. The Hall–Kier alpha value is -2.53. The van der Waals surface area contributed by atoms with E-state index in [2.05, 4.69) is 26.6 Å². The van der Waals surface area contributed by atoms with Crippen LogP contribution in [0.5, 0.6) is 5.75 Å². The van der Waals surface area contributed by atoms with Gasteiger partial charge in [0.05, 0.1) is 22.7 Å². The average molecular weight is 697 g/mol. The summed E-state index contributed by atoms with van der Waals surface area (Å²) in [5.41, 5.74) is 1.37. The number of pyridine rings is 1. The lowest BCUT2D eigenvalue weighted by atomic mass is 10.1. The molecule has 1 unspecified atom stereocenters. The zero-order valence-electron chi connectivity index (χ0n) is 29.2. The summed E-state index contributed by atoms with van der Waals surface area (Å²) in [7, 11) is -5.12. The van der Waals surface area contributed by atoms with Crippen molar-refractivity contribution >= 4 is 37.2 Å². The molecule has 3 heterocycles. The molecule has 48 heavy (non-hydrogen) atoms. The number of unbranched alkanes of at least 4 members (excludes halogenated alkanes) is 7. The van der Waals surface area contributed by atoms with Crippen molar-refractivity contribution in [3.05, 3.63) is 48.7 Å². The van der Waals surface area contributed by atoms with Gasteiger partial charge in [-0.2, -0.15) is 0 Å². The van der Waals surface area contributed by atoms with Crippen molar-refractivity contribution in [1.82, 2.24) is 14.8 Å². The largest absolute Gasteiger partial charge is 0.494 e. The van der Waals surface area contributed by atoms with Crippen molar-refractivity contribution in [1.29, 1.82) is 0 Å². The predicted octanol–water partition coefficient (Wildman–Crippen LogP) is 7.32. The van der Waals surface area contributed by atoms with Crippen molar-refractivity contribution in [3.8, 4) is 5.75 Å². The third-order valence-electron chi connectivity index (χ3n) is 9.89. The average Bonchev–Trinajstić information content (AvgIpc) is 3.35. The van der Waals surface area contributed by atoms with Gasteiger partial charge in [0.15, 0.2) is 0 Å². The van der Waals surface area contributed by atoms with Gasteiger partial charge in [0.25, 0.3) is 0 Å². The second-order valence-corrected chi connectivity index (χ2v) is 16.8. The summed E-state index contributed by atoms with van der Waals surface area (Å²) in [5.74, 6) is 0.681. The number of aromatic nitrogens is 1. The SMILES string of the molecule is CCCCCCCCCCOc1ccc(S(=O)(=O)c2cnc3ccc(S(C)=O)cc3c2N2CCCN(CCN3CCCCC3)CC2)cc1. The van der Waals surface area contributed by atoms with Crippen LogP contribution in [-0.4, -0.2) is 92.6 Å². The van der Waals surface area contributed by atoms with Crippen LogP contribution in [0.25, 0.3) is 10.9 Å². The highest BCUT2D eigenvalue weighted by Crippen LogP contribution is 2.37. The van der Waals surface area contributed by atoms with Gasteiger partial charge in [-0.15, -0.1) is 0 Å². The van der Waals surface area contributed by atoms with Gasteiger partial charge < -0.3 is 19.4 Å². The Balaban J connectivity index is 1.31. The van der Waals surface area contributed by atoms with Crippen molar-refractivity contribution in [2.24, 2.45) is 0 Å². The molecule has 2 saturated heterocycles. The lowest BCUT2D eigenvalue weighted by molar-refractivity contribution is 0.186. The normalized spacial score (nSPS) is 17.4. The van der Waals surface area contributed by atoms with Crippen LogP contribution < -0.4 is 9.64 Å². The van der Waals surface area contributed by atoms with Crippen LogP contribution >= 0.6 is 0 Å². The molecule has 0 radical (unpaired) electrons. The molecule has 2 aliphatic rings. The fourth-order valence-electron chi connectivity index (χ4n) is 6.99. The lowest BCUT2D eigenvalue weighted by Gasteiger charge is -2.30. The second kappa shape index (κ2) is 18.5.